The third-order valence-corrected chi connectivity index (χ3v) is 2.72. The number of rotatable bonds is 5. The number of nitrogens with one attached hydrogen (secondary N) is 2. The second kappa shape index (κ2) is 6.57. The van der Waals surface area contributed by atoms with E-state index in [1.807, 2.05) is 39.8 Å². The van der Waals surface area contributed by atoms with E-state index in [-0.39, 0.29) is 23.2 Å². The molecule has 0 spiro atoms. The highest BCUT2D eigenvalue weighted by molar-refractivity contribution is 5.76. The van der Waals surface area contributed by atoms with Gasteiger partial charge in [-0.05, 0) is 33.8 Å². The van der Waals surface area contributed by atoms with Gasteiger partial charge in [0, 0.05) is 30.1 Å². The fraction of sp³-hybridized carbons (Fsp3) is 0.533. The first kappa shape index (κ1) is 15.5. The molecule has 1 rings (SSSR count). The Morgan fingerprint density at radius 1 is 1.32 bits per heavy atom. The Labute approximate surface area is 115 Å². The number of para-hydroxylation sites is 1. The first-order valence-corrected chi connectivity index (χ1v) is 6.62. The summed E-state index contributed by atoms with van der Waals surface area (Å²) in [5.41, 5.74) is 0.652. The zero-order valence-corrected chi connectivity index (χ0v) is 12.2. The third kappa shape index (κ3) is 5.75. The Bertz CT molecular complexity index is 424. The lowest BCUT2D eigenvalue weighted by Gasteiger charge is -2.21. The number of hydrogen-bond acceptors (Lipinski definition) is 3. The number of amides is 1. The van der Waals surface area contributed by atoms with Crippen LogP contribution in [0.4, 0.5) is 0 Å². The van der Waals surface area contributed by atoms with Crippen LogP contribution in [0.25, 0.3) is 0 Å². The largest absolute Gasteiger partial charge is 0.508 e. The van der Waals surface area contributed by atoms with E-state index in [0.717, 1.165) is 5.56 Å². The number of carbonyl (C=O) groups is 1. The van der Waals surface area contributed by atoms with Crippen molar-refractivity contribution in [3.8, 4) is 5.75 Å². The Morgan fingerprint density at radius 3 is 2.53 bits per heavy atom. The molecule has 0 saturated heterocycles. The summed E-state index contributed by atoms with van der Waals surface area (Å²) in [7, 11) is 0. The van der Waals surface area contributed by atoms with Crippen LogP contribution in [0.5, 0.6) is 5.75 Å². The van der Waals surface area contributed by atoms with Crippen molar-refractivity contribution in [1.29, 1.82) is 0 Å². The van der Waals surface area contributed by atoms with Crippen LogP contribution in [0.2, 0.25) is 0 Å². The lowest BCUT2D eigenvalue weighted by Crippen LogP contribution is -2.41. The van der Waals surface area contributed by atoms with Crippen LogP contribution >= 0.6 is 0 Å². The van der Waals surface area contributed by atoms with Gasteiger partial charge in [-0.1, -0.05) is 18.2 Å². The van der Waals surface area contributed by atoms with Crippen molar-refractivity contribution in [2.24, 2.45) is 0 Å². The van der Waals surface area contributed by atoms with Gasteiger partial charge in [-0.25, -0.2) is 0 Å². The standard InChI is InChI=1S/C15H24N2O2/c1-11(12-7-5-6-8-13(12)18)16-10-9-14(19)17-15(2,3)4/h5-8,11,16,18H,9-10H2,1-4H3,(H,17,19). The third-order valence-electron chi connectivity index (χ3n) is 2.72. The number of benzene rings is 1. The lowest BCUT2D eigenvalue weighted by atomic mass is 10.1. The zero-order chi connectivity index (χ0) is 14.5. The van der Waals surface area contributed by atoms with E-state index in [1.54, 1.807) is 12.1 Å². The molecule has 3 N–H and O–H groups in total. The minimum atomic E-state index is -0.194. The van der Waals surface area contributed by atoms with Crippen molar-refractivity contribution in [2.75, 3.05) is 6.54 Å². The topological polar surface area (TPSA) is 61.4 Å². The summed E-state index contributed by atoms with van der Waals surface area (Å²) >= 11 is 0. The SMILES string of the molecule is CC(NCCC(=O)NC(C)(C)C)c1ccccc1O. The molecular weight excluding hydrogens is 240 g/mol. The number of aromatic hydroxyl groups is 1. The number of carbonyl (C=O) groups excluding carboxylic acids is 1. The average Bonchev–Trinajstić information content (AvgIpc) is 2.26. The molecule has 0 aliphatic heterocycles. The van der Waals surface area contributed by atoms with Crippen molar-refractivity contribution in [3.63, 3.8) is 0 Å². The number of phenols is 1. The van der Waals surface area contributed by atoms with Crippen LogP contribution < -0.4 is 10.6 Å². The quantitative estimate of drug-likeness (QED) is 0.765. The van der Waals surface area contributed by atoms with Crippen LogP contribution in [-0.4, -0.2) is 23.1 Å². The predicted octanol–water partition coefficient (Wildman–Crippen LogP) is 2.35. The van der Waals surface area contributed by atoms with Gasteiger partial charge in [0.05, 0.1) is 0 Å². The van der Waals surface area contributed by atoms with Gasteiger partial charge >= 0.3 is 0 Å². The van der Waals surface area contributed by atoms with E-state index in [0.29, 0.717) is 13.0 Å². The fourth-order valence-electron chi connectivity index (χ4n) is 1.85. The Hall–Kier alpha value is -1.55. The van der Waals surface area contributed by atoms with E-state index in [4.69, 9.17) is 0 Å². The van der Waals surface area contributed by atoms with Crippen LogP contribution in [0, 0.1) is 0 Å². The molecule has 1 unspecified atom stereocenters. The first-order valence-electron chi connectivity index (χ1n) is 6.62. The molecule has 4 heteroatoms. The molecule has 19 heavy (non-hydrogen) atoms. The Kier molecular flexibility index (Phi) is 5.36. The molecule has 4 nitrogen and oxygen atoms in total. The first-order chi connectivity index (χ1) is 8.79. The molecule has 106 valence electrons. The lowest BCUT2D eigenvalue weighted by molar-refractivity contribution is -0.122. The van der Waals surface area contributed by atoms with Crippen LogP contribution in [-0.2, 0) is 4.79 Å². The molecule has 0 saturated carbocycles. The molecule has 1 aromatic rings. The molecule has 0 bridgehead atoms. The highest BCUT2D eigenvalue weighted by atomic mass is 16.3. The zero-order valence-electron chi connectivity index (χ0n) is 12.2. The van der Waals surface area contributed by atoms with E-state index in [1.165, 1.54) is 0 Å². The van der Waals surface area contributed by atoms with Crippen molar-refractivity contribution >= 4 is 5.91 Å². The maximum Gasteiger partial charge on any atom is 0.221 e. The van der Waals surface area contributed by atoms with Crippen LogP contribution in [0.15, 0.2) is 24.3 Å². The van der Waals surface area contributed by atoms with Crippen molar-refractivity contribution < 1.29 is 9.90 Å². The van der Waals surface area contributed by atoms with Crippen molar-refractivity contribution in [3.05, 3.63) is 29.8 Å². The second-order valence-electron chi connectivity index (χ2n) is 5.78. The van der Waals surface area contributed by atoms with Crippen LogP contribution in [0.1, 0.15) is 45.7 Å². The van der Waals surface area contributed by atoms with Gasteiger partial charge in [0.15, 0.2) is 0 Å². The smallest absolute Gasteiger partial charge is 0.221 e. The minimum absolute atomic E-state index is 0.0173. The molecule has 1 atom stereocenters. The van der Waals surface area contributed by atoms with E-state index >= 15 is 0 Å². The summed E-state index contributed by atoms with van der Waals surface area (Å²) in [6.45, 7) is 8.43. The van der Waals surface area contributed by atoms with Gasteiger partial charge in [-0.2, -0.15) is 0 Å². The summed E-state index contributed by atoms with van der Waals surface area (Å²) < 4.78 is 0. The van der Waals surface area contributed by atoms with Gasteiger partial charge in [0.2, 0.25) is 5.91 Å². The highest BCUT2D eigenvalue weighted by Gasteiger charge is 2.14. The van der Waals surface area contributed by atoms with Gasteiger partial charge in [0.1, 0.15) is 5.75 Å². The molecule has 0 aromatic heterocycles. The van der Waals surface area contributed by atoms with E-state index in [2.05, 4.69) is 10.6 Å². The summed E-state index contributed by atoms with van der Waals surface area (Å²) in [6.07, 6.45) is 0.426. The Morgan fingerprint density at radius 2 is 1.95 bits per heavy atom. The van der Waals surface area contributed by atoms with Gasteiger partial charge in [-0.15, -0.1) is 0 Å². The predicted molar refractivity (Wildman–Crippen MR) is 77.0 cm³/mol. The number of hydrogen-bond donors (Lipinski definition) is 3. The molecule has 0 aliphatic carbocycles. The summed E-state index contributed by atoms with van der Waals surface area (Å²) in [6, 6.07) is 7.24. The summed E-state index contributed by atoms with van der Waals surface area (Å²) in [5, 5.41) is 15.9. The summed E-state index contributed by atoms with van der Waals surface area (Å²) in [5.74, 6) is 0.311. The second-order valence-corrected chi connectivity index (χ2v) is 5.78. The molecule has 1 amide bonds. The molecule has 0 radical (unpaired) electrons. The maximum absolute atomic E-state index is 11.6. The average molecular weight is 264 g/mol. The van der Waals surface area contributed by atoms with Crippen LogP contribution in [0.3, 0.4) is 0 Å². The molecule has 0 heterocycles. The number of phenolic OH excluding ortho intramolecular Hbond substituents is 1. The summed E-state index contributed by atoms with van der Waals surface area (Å²) in [4.78, 5) is 11.6. The van der Waals surface area contributed by atoms with E-state index in [9.17, 15) is 9.90 Å². The molecule has 0 aliphatic rings. The maximum atomic E-state index is 11.6. The fourth-order valence-corrected chi connectivity index (χ4v) is 1.85. The van der Waals surface area contributed by atoms with E-state index < -0.39 is 0 Å². The van der Waals surface area contributed by atoms with Crippen molar-refractivity contribution in [2.45, 2.75) is 45.7 Å². The van der Waals surface area contributed by atoms with Crippen molar-refractivity contribution in [1.82, 2.24) is 10.6 Å². The van der Waals surface area contributed by atoms with Gasteiger partial charge in [-0.3, -0.25) is 4.79 Å². The minimum Gasteiger partial charge on any atom is -0.508 e. The monoisotopic (exact) mass is 264 g/mol. The molecule has 1 aromatic carbocycles. The highest BCUT2D eigenvalue weighted by Crippen LogP contribution is 2.22. The Balaban J connectivity index is 2.38. The van der Waals surface area contributed by atoms with Gasteiger partial charge < -0.3 is 15.7 Å². The molecular formula is C15H24N2O2. The normalized spacial score (nSPS) is 13.1. The molecule has 0 fully saturated rings. The van der Waals surface area contributed by atoms with Gasteiger partial charge in [0.25, 0.3) is 0 Å².